The Morgan fingerprint density at radius 2 is 2.00 bits per heavy atom. The number of piperidine rings is 1. The Kier molecular flexibility index (Phi) is 5.13. The van der Waals surface area contributed by atoms with Crippen molar-refractivity contribution in [3.05, 3.63) is 41.9 Å². The van der Waals surface area contributed by atoms with Crippen LogP contribution in [0.5, 0.6) is 0 Å². The topological polar surface area (TPSA) is 97.5 Å². The lowest BCUT2D eigenvalue weighted by Gasteiger charge is -2.40. The molecule has 2 aliphatic heterocycles. The molecule has 1 amide bonds. The molecular weight excluding hydrogens is 356 g/mol. The third-order valence-electron chi connectivity index (χ3n) is 5.52. The maximum atomic E-state index is 12.9. The Labute approximate surface area is 164 Å². The lowest BCUT2D eigenvalue weighted by atomic mass is 9.87. The summed E-state index contributed by atoms with van der Waals surface area (Å²) in [5.41, 5.74) is 7.25. The van der Waals surface area contributed by atoms with E-state index >= 15 is 0 Å². The number of nitrogens with zero attached hydrogens (tertiary/aromatic N) is 5. The van der Waals surface area contributed by atoms with Gasteiger partial charge in [0.1, 0.15) is 5.82 Å². The van der Waals surface area contributed by atoms with Crippen LogP contribution in [0.3, 0.4) is 0 Å². The fraction of sp³-hybridized carbons (Fsp3) is 0.500. The van der Waals surface area contributed by atoms with Crippen LogP contribution < -0.4 is 10.6 Å². The number of carbonyl (C=O) groups excluding carboxylic acids is 1. The maximum absolute atomic E-state index is 12.9. The lowest BCUT2D eigenvalue weighted by molar-refractivity contribution is -0.134. The monoisotopic (exact) mass is 382 g/mol. The Balaban J connectivity index is 1.40. The first-order valence-corrected chi connectivity index (χ1v) is 9.71. The second kappa shape index (κ2) is 7.71. The van der Waals surface area contributed by atoms with Crippen molar-refractivity contribution in [3.8, 4) is 0 Å². The number of amides is 1. The molecule has 0 radical (unpaired) electrons. The summed E-state index contributed by atoms with van der Waals surface area (Å²) in [5, 5.41) is 0. The van der Waals surface area contributed by atoms with Gasteiger partial charge in [-0.1, -0.05) is 6.07 Å². The number of aromatic nitrogens is 3. The van der Waals surface area contributed by atoms with Gasteiger partial charge in [-0.2, -0.15) is 4.98 Å². The van der Waals surface area contributed by atoms with E-state index in [0.29, 0.717) is 37.9 Å². The number of carbonyl (C=O) groups is 1. The molecule has 2 fully saturated rings. The number of ether oxygens (including phenoxy) is 1. The SMILES string of the molecule is Cc1cccc(CN2CCOC3(CCN(c4nccc(N)n4)CC3)CC2=O)n1. The number of rotatable bonds is 3. The summed E-state index contributed by atoms with van der Waals surface area (Å²) in [4.78, 5) is 30.0. The summed E-state index contributed by atoms with van der Waals surface area (Å²) in [6.07, 6.45) is 3.62. The van der Waals surface area contributed by atoms with Gasteiger partial charge in [-0.05, 0) is 38.0 Å². The van der Waals surface area contributed by atoms with Gasteiger partial charge in [-0.25, -0.2) is 4.98 Å². The number of hydrogen-bond acceptors (Lipinski definition) is 7. The van der Waals surface area contributed by atoms with E-state index in [-0.39, 0.29) is 5.91 Å². The fourth-order valence-electron chi connectivity index (χ4n) is 3.94. The highest BCUT2D eigenvalue weighted by atomic mass is 16.5. The van der Waals surface area contributed by atoms with Gasteiger partial charge in [-0.3, -0.25) is 9.78 Å². The van der Waals surface area contributed by atoms with Gasteiger partial charge < -0.3 is 20.3 Å². The third-order valence-corrected chi connectivity index (χ3v) is 5.52. The summed E-state index contributed by atoms with van der Waals surface area (Å²) in [5.74, 6) is 1.24. The predicted molar refractivity (Wildman–Crippen MR) is 106 cm³/mol. The highest BCUT2D eigenvalue weighted by molar-refractivity contribution is 5.77. The van der Waals surface area contributed by atoms with E-state index in [1.165, 1.54) is 0 Å². The number of pyridine rings is 1. The molecule has 148 valence electrons. The van der Waals surface area contributed by atoms with Crippen molar-refractivity contribution in [2.24, 2.45) is 0 Å². The van der Waals surface area contributed by atoms with E-state index in [9.17, 15) is 4.79 Å². The first-order valence-electron chi connectivity index (χ1n) is 9.71. The van der Waals surface area contributed by atoms with E-state index in [2.05, 4.69) is 19.9 Å². The zero-order chi connectivity index (χ0) is 19.6. The standard InChI is InChI=1S/C20H26N6O2/c1-15-3-2-4-16(23-15)14-26-11-12-28-20(13-18(26)27)6-9-25(10-7-20)19-22-8-5-17(21)24-19/h2-5,8H,6-7,9-14H2,1H3,(H2,21,22,24). The van der Waals surface area contributed by atoms with Crippen LogP contribution in [0.4, 0.5) is 11.8 Å². The highest BCUT2D eigenvalue weighted by Crippen LogP contribution is 2.33. The Hall–Kier alpha value is -2.74. The number of aryl methyl sites for hydroxylation is 1. The van der Waals surface area contributed by atoms with E-state index in [0.717, 1.165) is 37.3 Å². The van der Waals surface area contributed by atoms with Crippen LogP contribution in [0.25, 0.3) is 0 Å². The highest BCUT2D eigenvalue weighted by Gasteiger charge is 2.41. The van der Waals surface area contributed by atoms with Crippen molar-refractivity contribution in [1.82, 2.24) is 19.9 Å². The summed E-state index contributed by atoms with van der Waals surface area (Å²) < 4.78 is 6.23. The van der Waals surface area contributed by atoms with Gasteiger partial charge in [0.05, 0.1) is 30.9 Å². The molecule has 0 atom stereocenters. The van der Waals surface area contributed by atoms with Crippen molar-refractivity contribution in [3.63, 3.8) is 0 Å². The molecule has 28 heavy (non-hydrogen) atoms. The smallest absolute Gasteiger partial charge is 0.227 e. The average molecular weight is 382 g/mol. The summed E-state index contributed by atoms with van der Waals surface area (Å²) in [6.45, 7) is 5.13. The zero-order valence-electron chi connectivity index (χ0n) is 16.2. The molecule has 2 aromatic heterocycles. The van der Waals surface area contributed by atoms with Crippen LogP contribution >= 0.6 is 0 Å². The molecular formula is C20H26N6O2. The minimum Gasteiger partial charge on any atom is -0.384 e. The predicted octanol–water partition coefficient (Wildman–Crippen LogP) is 1.55. The number of anilines is 2. The van der Waals surface area contributed by atoms with Crippen LogP contribution in [0.1, 0.15) is 30.7 Å². The van der Waals surface area contributed by atoms with Crippen LogP contribution in [-0.2, 0) is 16.1 Å². The van der Waals surface area contributed by atoms with Gasteiger partial charge in [-0.15, -0.1) is 0 Å². The first kappa shape index (κ1) is 18.6. The second-order valence-electron chi connectivity index (χ2n) is 7.56. The van der Waals surface area contributed by atoms with Crippen LogP contribution in [-0.4, -0.2) is 57.6 Å². The van der Waals surface area contributed by atoms with E-state index in [4.69, 9.17) is 10.5 Å². The molecule has 0 unspecified atom stereocenters. The maximum Gasteiger partial charge on any atom is 0.227 e. The van der Waals surface area contributed by atoms with E-state index in [1.54, 1.807) is 12.3 Å². The Bertz CT molecular complexity index is 850. The minimum atomic E-state index is -0.400. The summed E-state index contributed by atoms with van der Waals surface area (Å²) in [7, 11) is 0. The molecule has 0 aromatic carbocycles. The fourth-order valence-corrected chi connectivity index (χ4v) is 3.94. The van der Waals surface area contributed by atoms with Crippen LogP contribution in [0.2, 0.25) is 0 Å². The van der Waals surface area contributed by atoms with E-state index in [1.807, 2.05) is 30.0 Å². The van der Waals surface area contributed by atoms with Crippen LogP contribution in [0.15, 0.2) is 30.5 Å². The third kappa shape index (κ3) is 4.06. The number of nitrogen functional groups attached to an aromatic ring is 1. The minimum absolute atomic E-state index is 0.134. The van der Waals surface area contributed by atoms with Gasteiger partial charge in [0.15, 0.2) is 0 Å². The van der Waals surface area contributed by atoms with Crippen molar-refractivity contribution < 1.29 is 9.53 Å². The first-order chi connectivity index (χ1) is 13.5. The molecule has 2 saturated heterocycles. The second-order valence-corrected chi connectivity index (χ2v) is 7.56. The molecule has 2 N–H and O–H groups in total. The molecule has 0 saturated carbocycles. The quantitative estimate of drug-likeness (QED) is 0.860. The lowest BCUT2D eigenvalue weighted by Crippen LogP contribution is -2.47. The van der Waals surface area contributed by atoms with Crippen molar-refractivity contribution in [1.29, 1.82) is 0 Å². The largest absolute Gasteiger partial charge is 0.384 e. The Morgan fingerprint density at radius 3 is 2.75 bits per heavy atom. The van der Waals surface area contributed by atoms with Crippen molar-refractivity contribution in [2.45, 2.75) is 38.3 Å². The van der Waals surface area contributed by atoms with E-state index < -0.39 is 5.60 Å². The molecule has 0 bridgehead atoms. The summed E-state index contributed by atoms with van der Waals surface area (Å²) in [6, 6.07) is 7.58. The Morgan fingerprint density at radius 1 is 1.18 bits per heavy atom. The van der Waals surface area contributed by atoms with Gasteiger partial charge in [0, 0.05) is 31.5 Å². The molecule has 2 aliphatic rings. The number of nitrogens with two attached hydrogens (primary N) is 1. The molecule has 8 nitrogen and oxygen atoms in total. The van der Waals surface area contributed by atoms with Crippen LogP contribution in [0, 0.1) is 6.92 Å². The molecule has 0 aliphatic carbocycles. The van der Waals surface area contributed by atoms with Gasteiger partial charge in [0.2, 0.25) is 11.9 Å². The van der Waals surface area contributed by atoms with Crippen molar-refractivity contribution >= 4 is 17.7 Å². The summed E-state index contributed by atoms with van der Waals surface area (Å²) >= 11 is 0. The molecule has 2 aromatic rings. The molecule has 4 rings (SSSR count). The average Bonchev–Trinajstić information content (AvgIpc) is 2.81. The molecule has 1 spiro atoms. The van der Waals surface area contributed by atoms with Gasteiger partial charge in [0.25, 0.3) is 0 Å². The number of hydrogen-bond donors (Lipinski definition) is 1. The molecule has 4 heterocycles. The van der Waals surface area contributed by atoms with Crippen molar-refractivity contribution in [2.75, 3.05) is 36.9 Å². The normalized spacial score (nSPS) is 19.7. The molecule has 8 heteroatoms. The van der Waals surface area contributed by atoms with Gasteiger partial charge >= 0.3 is 0 Å². The zero-order valence-corrected chi connectivity index (χ0v) is 16.2.